The molecule has 0 aromatic heterocycles. The van der Waals surface area contributed by atoms with Gasteiger partial charge in [0.05, 0.1) is 0 Å². The van der Waals surface area contributed by atoms with E-state index in [-0.39, 0.29) is 17.0 Å². The number of rotatable bonds is 7. The molecule has 20 heavy (non-hydrogen) atoms. The van der Waals surface area contributed by atoms with Crippen LogP contribution < -0.4 is 0 Å². The van der Waals surface area contributed by atoms with Crippen molar-refractivity contribution < 1.29 is 31.5 Å². The number of ketones is 1. The molecule has 0 spiro atoms. The number of halogens is 6. The van der Waals surface area contributed by atoms with Crippen LogP contribution in [0.15, 0.2) is 18.2 Å². The van der Waals surface area contributed by atoms with E-state index in [4.69, 9.17) is 11.6 Å². The molecule has 1 rings (SSSR count). The molecule has 0 aliphatic heterocycles. The van der Waals surface area contributed by atoms with E-state index in [9.17, 15) is 26.7 Å². The first-order valence-electron chi connectivity index (χ1n) is 5.41. The highest BCUT2D eigenvalue weighted by molar-refractivity contribution is 6.31. The third kappa shape index (κ3) is 5.05. The van der Waals surface area contributed by atoms with E-state index in [1.54, 1.807) is 0 Å². The van der Waals surface area contributed by atoms with Crippen LogP contribution in [0.25, 0.3) is 0 Å². The van der Waals surface area contributed by atoms with Crippen molar-refractivity contribution in [3.63, 3.8) is 0 Å². The second kappa shape index (κ2) is 6.99. The van der Waals surface area contributed by atoms with E-state index >= 15 is 0 Å². The van der Waals surface area contributed by atoms with E-state index < -0.39 is 37.2 Å². The second-order valence-corrected chi connectivity index (χ2v) is 4.41. The van der Waals surface area contributed by atoms with E-state index in [1.807, 2.05) is 0 Å². The Labute approximate surface area is 116 Å². The SMILES string of the molecule is O=C(COCC(F)(F)C(F)F)Cc1cc(F)ccc1Cl. The lowest BCUT2D eigenvalue weighted by Gasteiger charge is -2.14. The summed E-state index contributed by atoms with van der Waals surface area (Å²) in [6.45, 7) is -2.34. The summed E-state index contributed by atoms with van der Waals surface area (Å²) in [4.78, 5) is 11.4. The van der Waals surface area contributed by atoms with E-state index in [2.05, 4.69) is 4.74 Å². The van der Waals surface area contributed by atoms with Crippen LogP contribution in [0.1, 0.15) is 5.56 Å². The molecule has 0 atom stereocenters. The van der Waals surface area contributed by atoms with Gasteiger partial charge in [-0.2, -0.15) is 8.78 Å². The van der Waals surface area contributed by atoms with Crippen molar-refractivity contribution in [2.75, 3.05) is 13.2 Å². The smallest absolute Gasteiger partial charge is 0.330 e. The maximum absolute atomic E-state index is 12.9. The number of carbonyl (C=O) groups is 1. The average molecular weight is 317 g/mol. The molecule has 0 bridgehead atoms. The molecule has 2 nitrogen and oxygen atoms in total. The Kier molecular flexibility index (Phi) is 5.88. The van der Waals surface area contributed by atoms with Gasteiger partial charge in [0.25, 0.3) is 0 Å². The van der Waals surface area contributed by atoms with E-state index in [1.165, 1.54) is 6.07 Å². The Morgan fingerprint density at radius 1 is 1.35 bits per heavy atom. The molecular formula is C12H10ClF5O2. The number of benzene rings is 1. The molecule has 1 aromatic carbocycles. The zero-order valence-electron chi connectivity index (χ0n) is 10.0. The Morgan fingerprint density at radius 3 is 2.60 bits per heavy atom. The Bertz CT molecular complexity index is 479. The third-order valence-electron chi connectivity index (χ3n) is 2.27. The van der Waals surface area contributed by atoms with Gasteiger partial charge in [0.2, 0.25) is 0 Å². The predicted octanol–water partition coefficient (Wildman–Crippen LogP) is 3.51. The summed E-state index contributed by atoms with van der Waals surface area (Å²) in [5.74, 6) is -5.60. The van der Waals surface area contributed by atoms with Crippen LogP contribution in [-0.4, -0.2) is 31.3 Å². The van der Waals surface area contributed by atoms with Crippen molar-refractivity contribution in [1.82, 2.24) is 0 Å². The van der Waals surface area contributed by atoms with Gasteiger partial charge in [0.15, 0.2) is 5.78 Å². The van der Waals surface area contributed by atoms with Crippen LogP contribution in [-0.2, 0) is 16.0 Å². The van der Waals surface area contributed by atoms with Gasteiger partial charge in [-0.05, 0) is 23.8 Å². The van der Waals surface area contributed by atoms with E-state index in [0.717, 1.165) is 12.1 Å². The maximum atomic E-state index is 12.9. The summed E-state index contributed by atoms with van der Waals surface area (Å²) in [5.41, 5.74) is 0.167. The molecular weight excluding hydrogens is 307 g/mol. The molecule has 0 N–H and O–H groups in total. The number of carbonyl (C=O) groups excluding carboxylic acids is 1. The summed E-state index contributed by atoms with van der Waals surface area (Å²) in [7, 11) is 0. The first-order chi connectivity index (χ1) is 9.22. The van der Waals surface area contributed by atoms with Gasteiger partial charge in [-0.25, -0.2) is 13.2 Å². The average Bonchev–Trinajstić information content (AvgIpc) is 2.33. The Hall–Kier alpha value is -1.21. The van der Waals surface area contributed by atoms with Crippen LogP contribution in [0, 0.1) is 5.82 Å². The fourth-order valence-electron chi connectivity index (χ4n) is 1.31. The first-order valence-corrected chi connectivity index (χ1v) is 5.79. The van der Waals surface area contributed by atoms with Gasteiger partial charge >= 0.3 is 12.3 Å². The van der Waals surface area contributed by atoms with E-state index in [0.29, 0.717) is 0 Å². The lowest BCUT2D eigenvalue weighted by molar-refractivity contribution is -0.168. The van der Waals surface area contributed by atoms with Gasteiger partial charge in [0, 0.05) is 11.4 Å². The highest BCUT2D eigenvalue weighted by atomic mass is 35.5. The van der Waals surface area contributed by atoms with Gasteiger partial charge in [-0.3, -0.25) is 4.79 Å². The van der Waals surface area contributed by atoms with Crippen molar-refractivity contribution in [1.29, 1.82) is 0 Å². The Morgan fingerprint density at radius 2 is 2.00 bits per heavy atom. The van der Waals surface area contributed by atoms with Crippen molar-refractivity contribution in [3.8, 4) is 0 Å². The number of hydrogen-bond donors (Lipinski definition) is 0. The van der Waals surface area contributed by atoms with Crippen molar-refractivity contribution >= 4 is 17.4 Å². The third-order valence-corrected chi connectivity index (χ3v) is 2.64. The molecule has 0 aliphatic rings. The molecule has 0 saturated carbocycles. The summed E-state index contributed by atoms with van der Waals surface area (Å²) in [5, 5.41) is 0.137. The maximum Gasteiger partial charge on any atom is 0.330 e. The monoisotopic (exact) mass is 316 g/mol. The number of hydrogen-bond acceptors (Lipinski definition) is 2. The van der Waals surface area contributed by atoms with Gasteiger partial charge in [0.1, 0.15) is 19.0 Å². The molecule has 0 saturated heterocycles. The van der Waals surface area contributed by atoms with Crippen molar-refractivity contribution in [3.05, 3.63) is 34.6 Å². The van der Waals surface area contributed by atoms with Gasteiger partial charge in [-0.15, -0.1) is 0 Å². The van der Waals surface area contributed by atoms with Crippen LogP contribution in [0.3, 0.4) is 0 Å². The molecule has 112 valence electrons. The zero-order valence-corrected chi connectivity index (χ0v) is 10.8. The summed E-state index contributed by atoms with van der Waals surface area (Å²) < 4.78 is 65.7. The van der Waals surface area contributed by atoms with Gasteiger partial charge in [-0.1, -0.05) is 11.6 Å². The molecule has 0 aliphatic carbocycles. The van der Waals surface area contributed by atoms with Crippen molar-refractivity contribution in [2.24, 2.45) is 0 Å². The van der Waals surface area contributed by atoms with Gasteiger partial charge < -0.3 is 4.74 Å². The fraction of sp³-hybridized carbons (Fsp3) is 0.417. The quantitative estimate of drug-likeness (QED) is 0.720. The first kappa shape index (κ1) is 16.8. The normalized spacial score (nSPS) is 11.9. The minimum absolute atomic E-state index is 0.137. The predicted molar refractivity (Wildman–Crippen MR) is 61.9 cm³/mol. The lowest BCUT2D eigenvalue weighted by atomic mass is 10.1. The largest absolute Gasteiger partial charge is 0.367 e. The highest BCUT2D eigenvalue weighted by Gasteiger charge is 2.41. The van der Waals surface area contributed by atoms with Crippen LogP contribution >= 0.6 is 11.6 Å². The minimum atomic E-state index is -4.31. The highest BCUT2D eigenvalue weighted by Crippen LogP contribution is 2.23. The summed E-state index contributed by atoms with van der Waals surface area (Å²) >= 11 is 5.71. The molecule has 8 heteroatoms. The number of ether oxygens (including phenoxy) is 1. The standard InChI is InChI=1S/C12H10ClF5O2/c13-10-2-1-8(14)3-7(10)4-9(19)5-20-6-12(17,18)11(15)16/h1-3,11H,4-6H2. The molecule has 1 aromatic rings. The summed E-state index contributed by atoms with van der Waals surface area (Å²) in [6.07, 6.45) is -4.20. The molecule has 0 unspecified atom stereocenters. The number of alkyl halides is 4. The van der Waals surface area contributed by atoms with Crippen LogP contribution in [0.4, 0.5) is 22.0 Å². The fourth-order valence-corrected chi connectivity index (χ4v) is 1.49. The number of Topliss-reactive ketones (excluding diaryl/α,β-unsaturated/α-hetero) is 1. The topological polar surface area (TPSA) is 26.3 Å². The Balaban J connectivity index is 2.47. The van der Waals surface area contributed by atoms with Crippen molar-refractivity contribution in [2.45, 2.75) is 18.8 Å². The molecule has 0 radical (unpaired) electrons. The molecule has 0 heterocycles. The van der Waals surface area contributed by atoms with Crippen LogP contribution in [0.5, 0.6) is 0 Å². The minimum Gasteiger partial charge on any atom is -0.367 e. The van der Waals surface area contributed by atoms with Crippen LogP contribution in [0.2, 0.25) is 5.02 Å². The second-order valence-electron chi connectivity index (χ2n) is 4.01. The molecule has 0 fully saturated rings. The zero-order chi connectivity index (χ0) is 15.3. The summed E-state index contributed by atoms with van der Waals surface area (Å²) in [6, 6.07) is 3.36. The molecule has 0 amide bonds. The lowest BCUT2D eigenvalue weighted by Crippen LogP contribution is -2.33.